The van der Waals surface area contributed by atoms with Crippen LogP contribution in [0.4, 0.5) is 0 Å². The third-order valence-corrected chi connectivity index (χ3v) is 2.91. The number of hydrogen-bond acceptors (Lipinski definition) is 4. The second kappa shape index (κ2) is 4.70. The molecule has 0 bridgehead atoms. The van der Waals surface area contributed by atoms with Crippen LogP contribution in [0, 0.1) is 5.92 Å². The maximum atomic E-state index is 4.04. The van der Waals surface area contributed by atoms with Gasteiger partial charge in [-0.2, -0.15) is 0 Å². The highest BCUT2D eigenvalue weighted by molar-refractivity contribution is 4.86. The fourth-order valence-corrected chi connectivity index (χ4v) is 1.44. The average molecular weight is 209 g/mol. The van der Waals surface area contributed by atoms with Crippen molar-refractivity contribution in [2.45, 2.75) is 52.2 Å². The Bertz CT molecular complexity index is 305. The molecule has 5 heteroatoms. The van der Waals surface area contributed by atoms with Gasteiger partial charge in [-0.25, -0.2) is 4.68 Å². The Labute approximate surface area is 90.2 Å². The topological polar surface area (TPSA) is 55.6 Å². The van der Waals surface area contributed by atoms with Gasteiger partial charge in [-0.05, 0) is 29.2 Å². The quantitative estimate of drug-likeness (QED) is 0.758. The van der Waals surface area contributed by atoms with Crippen molar-refractivity contribution in [1.29, 1.82) is 0 Å². The number of nitrogens with zero attached hydrogens (tertiary/aromatic N) is 4. The summed E-state index contributed by atoms with van der Waals surface area (Å²) in [6.07, 6.45) is 3.76. The molecule has 1 aliphatic carbocycles. The van der Waals surface area contributed by atoms with E-state index in [1.54, 1.807) is 0 Å². The zero-order valence-electron chi connectivity index (χ0n) is 9.48. The fourth-order valence-electron chi connectivity index (χ4n) is 1.44. The molecule has 0 saturated heterocycles. The molecular formula is C10H19N5. The number of hydrogen-bond donors (Lipinski definition) is 1. The third-order valence-electron chi connectivity index (χ3n) is 2.91. The molecule has 84 valence electrons. The van der Waals surface area contributed by atoms with Crippen molar-refractivity contribution in [3.8, 4) is 0 Å². The number of nitrogens with one attached hydrogen (secondary N) is 1. The van der Waals surface area contributed by atoms with Crippen molar-refractivity contribution in [2.75, 3.05) is 0 Å². The Morgan fingerprint density at radius 1 is 1.53 bits per heavy atom. The van der Waals surface area contributed by atoms with Gasteiger partial charge in [0.15, 0.2) is 5.82 Å². The summed E-state index contributed by atoms with van der Waals surface area (Å²) in [6, 6.07) is 0.707. The van der Waals surface area contributed by atoms with Gasteiger partial charge in [-0.15, -0.1) is 5.10 Å². The number of aromatic nitrogens is 4. The highest BCUT2D eigenvalue weighted by Crippen LogP contribution is 2.18. The number of rotatable bonds is 6. The van der Waals surface area contributed by atoms with E-state index >= 15 is 0 Å². The maximum absolute atomic E-state index is 4.04. The van der Waals surface area contributed by atoms with E-state index in [0.29, 0.717) is 12.0 Å². The first-order chi connectivity index (χ1) is 7.29. The van der Waals surface area contributed by atoms with Crippen LogP contribution in [0.3, 0.4) is 0 Å². The van der Waals surface area contributed by atoms with Gasteiger partial charge in [0.1, 0.15) is 0 Å². The summed E-state index contributed by atoms with van der Waals surface area (Å²) in [5.41, 5.74) is 0. The molecule has 0 amide bonds. The summed E-state index contributed by atoms with van der Waals surface area (Å²) in [7, 11) is 0. The lowest BCUT2D eigenvalue weighted by molar-refractivity contribution is 0.416. The van der Waals surface area contributed by atoms with E-state index in [0.717, 1.165) is 25.3 Å². The van der Waals surface area contributed by atoms with Gasteiger partial charge in [-0.1, -0.05) is 20.3 Å². The molecule has 1 N–H and O–H groups in total. The van der Waals surface area contributed by atoms with Gasteiger partial charge < -0.3 is 5.32 Å². The van der Waals surface area contributed by atoms with Crippen molar-refractivity contribution in [3.63, 3.8) is 0 Å². The Balaban J connectivity index is 1.88. The van der Waals surface area contributed by atoms with E-state index in [2.05, 4.69) is 34.7 Å². The van der Waals surface area contributed by atoms with Crippen LogP contribution in [0.2, 0.25) is 0 Å². The van der Waals surface area contributed by atoms with Crippen LogP contribution in [-0.4, -0.2) is 26.2 Å². The molecule has 1 fully saturated rings. The molecule has 5 nitrogen and oxygen atoms in total. The van der Waals surface area contributed by atoms with Gasteiger partial charge in [0.25, 0.3) is 0 Å². The molecule has 0 radical (unpaired) electrons. The van der Waals surface area contributed by atoms with Crippen LogP contribution in [0.1, 0.15) is 38.9 Å². The standard InChI is InChI=1S/C10H19N5/c1-3-8(2)7-15-10(12-13-14-15)6-11-9-4-5-9/h8-9,11H,3-7H2,1-2H3. The molecule has 1 saturated carbocycles. The predicted octanol–water partition coefficient (Wildman–Crippen LogP) is 0.971. The highest BCUT2D eigenvalue weighted by Gasteiger charge is 2.21. The van der Waals surface area contributed by atoms with E-state index in [1.807, 2.05) is 4.68 Å². The van der Waals surface area contributed by atoms with E-state index < -0.39 is 0 Å². The highest BCUT2D eigenvalue weighted by atomic mass is 15.5. The minimum absolute atomic E-state index is 0.633. The molecule has 1 aromatic heterocycles. The van der Waals surface area contributed by atoms with E-state index in [-0.39, 0.29) is 0 Å². The second-order valence-corrected chi connectivity index (χ2v) is 4.45. The molecule has 1 heterocycles. The summed E-state index contributed by atoms with van der Waals surface area (Å²) in [5.74, 6) is 1.59. The molecule has 15 heavy (non-hydrogen) atoms. The van der Waals surface area contributed by atoms with Gasteiger partial charge >= 0.3 is 0 Å². The van der Waals surface area contributed by atoms with Crippen molar-refractivity contribution >= 4 is 0 Å². The first-order valence-corrected chi connectivity index (χ1v) is 5.78. The van der Waals surface area contributed by atoms with Crippen molar-refractivity contribution in [1.82, 2.24) is 25.5 Å². The van der Waals surface area contributed by atoms with Crippen LogP contribution < -0.4 is 5.32 Å². The summed E-state index contributed by atoms with van der Waals surface area (Å²) in [5, 5.41) is 15.2. The molecular weight excluding hydrogens is 190 g/mol. The molecule has 0 spiro atoms. The number of tetrazole rings is 1. The Hall–Kier alpha value is -0.970. The lowest BCUT2D eigenvalue weighted by atomic mass is 10.1. The van der Waals surface area contributed by atoms with Gasteiger partial charge in [0.2, 0.25) is 0 Å². The summed E-state index contributed by atoms with van der Waals surface area (Å²) >= 11 is 0. The van der Waals surface area contributed by atoms with E-state index in [1.165, 1.54) is 12.8 Å². The monoisotopic (exact) mass is 209 g/mol. The van der Waals surface area contributed by atoms with E-state index in [9.17, 15) is 0 Å². The Morgan fingerprint density at radius 3 is 3.00 bits per heavy atom. The zero-order chi connectivity index (χ0) is 10.7. The van der Waals surface area contributed by atoms with Crippen LogP contribution in [0.15, 0.2) is 0 Å². The lowest BCUT2D eigenvalue weighted by Gasteiger charge is -2.09. The molecule has 1 aliphatic rings. The first-order valence-electron chi connectivity index (χ1n) is 5.78. The lowest BCUT2D eigenvalue weighted by Crippen LogP contribution is -2.20. The maximum Gasteiger partial charge on any atom is 0.165 e. The average Bonchev–Trinajstić information content (AvgIpc) is 2.97. The largest absolute Gasteiger partial charge is 0.307 e. The van der Waals surface area contributed by atoms with Crippen LogP contribution in [0.25, 0.3) is 0 Å². The minimum Gasteiger partial charge on any atom is -0.307 e. The zero-order valence-corrected chi connectivity index (χ0v) is 9.48. The van der Waals surface area contributed by atoms with Crippen LogP contribution >= 0.6 is 0 Å². The van der Waals surface area contributed by atoms with Crippen molar-refractivity contribution < 1.29 is 0 Å². The molecule has 1 atom stereocenters. The summed E-state index contributed by atoms with van der Waals surface area (Å²) in [6.45, 7) is 6.14. The molecule has 2 rings (SSSR count). The summed E-state index contributed by atoms with van der Waals surface area (Å²) in [4.78, 5) is 0. The molecule has 1 aromatic rings. The third kappa shape index (κ3) is 2.99. The molecule has 0 aromatic carbocycles. The Kier molecular flexibility index (Phi) is 3.30. The fraction of sp³-hybridized carbons (Fsp3) is 0.900. The second-order valence-electron chi connectivity index (χ2n) is 4.45. The predicted molar refractivity (Wildman–Crippen MR) is 57.1 cm³/mol. The molecule has 1 unspecified atom stereocenters. The van der Waals surface area contributed by atoms with Gasteiger partial charge in [0, 0.05) is 12.6 Å². The normalized spacial score (nSPS) is 18.0. The summed E-state index contributed by atoms with van der Waals surface area (Å²) < 4.78 is 1.92. The van der Waals surface area contributed by atoms with Gasteiger partial charge in [0.05, 0.1) is 6.54 Å². The van der Waals surface area contributed by atoms with E-state index in [4.69, 9.17) is 0 Å². The SMILES string of the molecule is CCC(C)Cn1nnnc1CNC1CC1. The molecule has 0 aliphatic heterocycles. The van der Waals surface area contributed by atoms with Crippen molar-refractivity contribution in [2.24, 2.45) is 5.92 Å². The Morgan fingerprint density at radius 2 is 2.33 bits per heavy atom. The van der Waals surface area contributed by atoms with Crippen LogP contribution in [-0.2, 0) is 13.1 Å². The van der Waals surface area contributed by atoms with Crippen molar-refractivity contribution in [3.05, 3.63) is 5.82 Å². The van der Waals surface area contributed by atoms with Crippen LogP contribution in [0.5, 0.6) is 0 Å². The first kappa shape index (κ1) is 10.5. The minimum atomic E-state index is 0.633. The van der Waals surface area contributed by atoms with Gasteiger partial charge in [-0.3, -0.25) is 0 Å². The smallest absolute Gasteiger partial charge is 0.165 e.